The molecule has 0 fully saturated rings. The number of rotatable bonds is 9. The predicted octanol–water partition coefficient (Wildman–Crippen LogP) is 0.618. The number of nitrogens with zero attached hydrogens (tertiary/aromatic N) is 2. The second-order valence-corrected chi connectivity index (χ2v) is 7.64. The average Bonchev–Trinajstić information content (AvgIpc) is 3.16. The molecule has 192 valence electrons. The molecule has 0 aliphatic carbocycles. The number of nitrogens with one attached hydrogen (secondary N) is 1. The molecule has 3 amide bonds. The minimum absolute atomic E-state index is 0.236. The minimum Gasteiger partial charge on any atom is -0.406 e. The van der Waals surface area contributed by atoms with E-state index in [-0.39, 0.29) is 5.69 Å². The lowest BCUT2D eigenvalue weighted by atomic mass is 10.1. The van der Waals surface area contributed by atoms with Crippen LogP contribution >= 0.6 is 0 Å². The predicted molar refractivity (Wildman–Crippen MR) is 121 cm³/mol. The summed E-state index contributed by atoms with van der Waals surface area (Å²) in [6.07, 6.45) is -7.64. The van der Waals surface area contributed by atoms with E-state index in [1.807, 2.05) is 0 Å². The first-order valence-electron chi connectivity index (χ1n) is 10.4. The van der Waals surface area contributed by atoms with Gasteiger partial charge in [-0.25, -0.2) is 0 Å². The summed E-state index contributed by atoms with van der Waals surface area (Å²) in [5, 5.41) is 22.1. The van der Waals surface area contributed by atoms with E-state index in [4.69, 9.17) is 11.5 Å². The monoisotopic (exact) mass is 509 g/mol. The highest BCUT2D eigenvalue weighted by atomic mass is 19.4. The van der Waals surface area contributed by atoms with Crippen LogP contribution < -0.4 is 26.4 Å². The molecule has 14 heteroatoms. The molecule has 3 rings (SSSR count). The van der Waals surface area contributed by atoms with Gasteiger partial charge < -0.3 is 36.6 Å². The van der Waals surface area contributed by atoms with Gasteiger partial charge in [-0.1, -0.05) is 0 Å². The molecule has 1 heterocycles. The number of primary amides is 1. The van der Waals surface area contributed by atoms with Crippen LogP contribution in [-0.2, 0) is 16.1 Å². The van der Waals surface area contributed by atoms with E-state index in [0.29, 0.717) is 24.1 Å². The van der Waals surface area contributed by atoms with Crippen LogP contribution in [0, 0.1) is 0 Å². The molecule has 0 spiro atoms. The first kappa shape index (κ1) is 26.4. The number of aliphatic imine (C=N–C) groups is 1. The van der Waals surface area contributed by atoms with Crippen molar-refractivity contribution in [3.8, 4) is 5.75 Å². The summed E-state index contributed by atoms with van der Waals surface area (Å²) in [6.45, 7) is -0.677. The van der Waals surface area contributed by atoms with E-state index < -0.39 is 61.1 Å². The Kier molecular flexibility index (Phi) is 7.80. The molecule has 0 radical (unpaired) electrons. The van der Waals surface area contributed by atoms with Gasteiger partial charge >= 0.3 is 6.36 Å². The van der Waals surface area contributed by atoms with Crippen LogP contribution in [0.15, 0.2) is 41.4 Å². The average molecular weight is 509 g/mol. The van der Waals surface area contributed by atoms with Crippen LogP contribution in [0.3, 0.4) is 0 Å². The van der Waals surface area contributed by atoms with Crippen LogP contribution in [0.25, 0.3) is 0 Å². The topological polar surface area (TPSA) is 181 Å². The lowest BCUT2D eigenvalue weighted by Crippen LogP contribution is -2.40. The Morgan fingerprint density at radius 2 is 1.92 bits per heavy atom. The molecule has 1 atom stereocenters. The molecule has 0 aromatic heterocycles. The standard InChI is InChI=1S/C22H22F3N5O6/c23-22(24,25)36-13-2-4-16(15(8-13)20(27)34)30(5-6-31)18(33)9-17(32)21(35)29-12-1-3-14-11(7-12)10-28-19(14)26/h1-4,7-8,17,31-32H,5-6,9-10H2,(H2,26,28)(H2,27,34)(H,29,35)/t17-/m1/s1. The fourth-order valence-corrected chi connectivity index (χ4v) is 3.53. The van der Waals surface area contributed by atoms with Crippen molar-refractivity contribution in [1.29, 1.82) is 0 Å². The van der Waals surface area contributed by atoms with Crippen LogP contribution in [0.2, 0.25) is 0 Å². The van der Waals surface area contributed by atoms with E-state index in [2.05, 4.69) is 15.0 Å². The summed E-state index contributed by atoms with van der Waals surface area (Å²) < 4.78 is 41.3. The van der Waals surface area contributed by atoms with Gasteiger partial charge in [-0.05, 0) is 42.0 Å². The largest absolute Gasteiger partial charge is 0.573 e. The molecule has 1 aliphatic rings. The van der Waals surface area contributed by atoms with Crippen molar-refractivity contribution in [3.63, 3.8) is 0 Å². The number of benzene rings is 2. The number of amides is 3. The Bertz CT molecular complexity index is 1220. The van der Waals surface area contributed by atoms with Crippen molar-refractivity contribution in [2.45, 2.75) is 25.4 Å². The van der Waals surface area contributed by atoms with Gasteiger partial charge in [0.15, 0.2) is 0 Å². The molecule has 0 saturated carbocycles. The Labute approximate surface area is 202 Å². The Morgan fingerprint density at radius 1 is 1.19 bits per heavy atom. The van der Waals surface area contributed by atoms with Gasteiger partial charge in [0, 0.05) is 17.8 Å². The van der Waals surface area contributed by atoms with Gasteiger partial charge in [0.05, 0.1) is 30.8 Å². The normalized spacial score (nSPS) is 13.4. The van der Waals surface area contributed by atoms with Crippen LogP contribution in [0.5, 0.6) is 5.75 Å². The Hall–Kier alpha value is -4.17. The molecule has 0 bridgehead atoms. The van der Waals surface area contributed by atoms with Gasteiger partial charge in [0.1, 0.15) is 17.7 Å². The zero-order valence-electron chi connectivity index (χ0n) is 18.6. The van der Waals surface area contributed by atoms with Crippen LogP contribution in [0.4, 0.5) is 24.5 Å². The van der Waals surface area contributed by atoms with Crippen molar-refractivity contribution in [2.75, 3.05) is 23.4 Å². The van der Waals surface area contributed by atoms with Gasteiger partial charge in [-0.2, -0.15) is 0 Å². The fraction of sp³-hybridized carbons (Fsp3) is 0.273. The molecule has 0 unspecified atom stereocenters. The van der Waals surface area contributed by atoms with Crippen LogP contribution in [0.1, 0.15) is 27.9 Å². The van der Waals surface area contributed by atoms with Crippen molar-refractivity contribution >= 4 is 34.9 Å². The first-order chi connectivity index (χ1) is 16.9. The lowest BCUT2D eigenvalue weighted by Gasteiger charge is -2.25. The molecule has 2 aromatic rings. The van der Waals surface area contributed by atoms with E-state index in [0.717, 1.165) is 28.2 Å². The summed E-state index contributed by atoms with van der Waals surface area (Å²) in [7, 11) is 0. The van der Waals surface area contributed by atoms with Crippen molar-refractivity contribution in [3.05, 3.63) is 53.1 Å². The summed E-state index contributed by atoms with van der Waals surface area (Å²) >= 11 is 0. The number of alkyl halides is 3. The molecule has 36 heavy (non-hydrogen) atoms. The molecule has 11 nitrogen and oxygen atoms in total. The van der Waals surface area contributed by atoms with E-state index in [9.17, 15) is 37.8 Å². The van der Waals surface area contributed by atoms with E-state index in [1.165, 1.54) is 0 Å². The van der Waals surface area contributed by atoms with E-state index >= 15 is 0 Å². The summed E-state index contributed by atoms with van der Waals surface area (Å²) in [4.78, 5) is 42.1. The Balaban J connectivity index is 1.75. The number of anilines is 2. The Morgan fingerprint density at radius 3 is 2.56 bits per heavy atom. The maximum Gasteiger partial charge on any atom is 0.573 e. The highest BCUT2D eigenvalue weighted by molar-refractivity contribution is 6.06. The molecular formula is C22H22F3N5O6. The highest BCUT2D eigenvalue weighted by Crippen LogP contribution is 2.30. The van der Waals surface area contributed by atoms with Crippen molar-refractivity contribution < 1.29 is 42.5 Å². The number of aliphatic hydroxyl groups is 2. The molecular weight excluding hydrogens is 487 g/mol. The van der Waals surface area contributed by atoms with Crippen LogP contribution in [-0.4, -0.2) is 59.4 Å². The van der Waals surface area contributed by atoms with Gasteiger partial charge in [0.25, 0.3) is 11.8 Å². The lowest BCUT2D eigenvalue weighted by molar-refractivity contribution is -0.274. The minimum atomic E-state index is -5.03. The number of carbonyl (C=O) groups is 3. The summed E-state index contributed by atoms with van der Waals surface area (Å²) in [5.41, 5.74) is 12.1. The zero-order valence-corrected chi connectivity index (χ0v) is 18.6. The number of nitrogens with two attached hydrogens (primary N) is 2. The summed E-state index contributed by atoms with van der Waals surface area (Å²) in [6, 6.07) is 7.32. The molecule has 1 aliphatic heterocycles. The fourth-order valence-electron chi connectivity index (χ4n) is 3.53. The molecule has 0 saturated heterocycles. The zero-order chi connectivity index (χ0) is 26.6. The van der Waals surface area contributed by atoms with E-state index in [1.54, 1.807) is 18.2 Å². The van der Waals surface area contributed by atoms with Gasteiger partial charge in [-0.3, -0.25) is 19.4 Å². The van der Waals surface area contributed by atoms with Crippen molar-refractivity contribution in [1.82, 2.24) is 0 Å². The highest BCUT2D eigenvalue weighted by Gasteiger charge is 2.32. The maximum atomic E-state index is 12.9. The number of aliphatic hydroxyl groups excluding tert-OH is 2. The van der Waals surface area contributed by atoms with Crippen molar-refractivity contribution in [2.24, 2.45) is 16.5 Å². The number of amidine groups is 1. The number of fused-ring (bicyclic) bond motifs is 1. The summed E-state index contributed by atoms with van der Waals surface area (Å²) in [5.74, 6) is -3.38. The number of halogens is 3. The van der Waals surface area contributed by atoms with Gasteiger partial charge in [0.2, 0.25) is 5.91 Å². The third kappa shape index (κ3) is 6.28. The number of carbonyl (C=O) groups excluding carboxylic acids is 3. The second-order valence-electron chi connectivity index (χ2n) is 7.64. The smallest absolute Gasteiger partial charge is 0.406 e. The number of ether oxygens (including phenoxy) is 1. The molecule has 7 N–H and O–H groups in total. The maximum absolute atomic E-state index is 12.9. The third-order valence-corrected chi connectivity index (χ3v) is 5.12. The quantitative estimate of drug-likeness (QED) is 0.328. The molecule has 2 aromatic carbocycles. The van der Waals surface area contributed by atoms with Gasteiger partial charge in [-0.15, -0.1) is 13.2 Å². The second kappa shape index (κ2) is 10.6. The SMILES string of the molecule is NC(=O)c1cc(OC(F)(F)F)ccc1N(CCO)C(=O)C[C@@H](O)C(=O)Nc1ccc2c(c1)CN=C2N. The third-order valence-electron chi connectivity index (χ3n) is 5.12. The first-order valence-corrected chi connectivity index (χ1v) is 10.4. The number of hydrogen-bond acceptors (Lipinski definition) is 8. The number of hydrogen-bond donors (Lipinski definition) is 5.